The molecule has 2 heterocycles. The summed E-state index contributed by atoms with van der Waals surface area (Å²) >= 11 is 0. The lowest BCUT2D eigenvalue weighted by Crippen LogP contribution is -2.45. The van der Waals surface area contributed by atoms with Crippen molar-refractivity contribution in [3.63, 3.8) is 0 Å². The predicted molar refractivity (Wildman–Crippen MR) is 77.0 cm³/mol. The lowest BCUT2D eigenvalue weighted by molar-refractivity contribution is 0.0718. The molecule has 21 heavy (non-hydrogen) atoms. The highest BCUT2D eigenvalue weighted by molar-refractivity contribution is 6.06. The second kappa shape index (κ2) is 5.44. The van der Waals surface area contributed by atoms with E-state index in [9.17, 15) is 9.90 Å². The fraction of sp³-hybridized carbons (Fsp3) is 0.533. The molecule has 2 unspecified atom stereocenters. The van der Waals surface area contributed by atoms with E-state index < -0.39 is 6.10 Å². The van der Waals surface area contributed by atoms with Gasteiger partial charge in [-0.25, -0.2) is 4.98 Å². The molecule has 2 N–H and O–H groups in total. The minimum Gasteiger partial charge on any atom is -0.391 e. The predicted octanol–water partition coefficient (Wildman–Crippen LogP) is 1.87. The van der Waals surface area contributed by atoms with Crippen LogP contribution < -0.4 is 5.32 Å². The molecule has 0 bridgehead atoms. The van der Waals surface area contributed by atoms with Crippen LogP contribution in [0.3, 0.4) is 0 Å². The Hall–Kier alpha value is -1.95. The van der Waals surface area contributed by atoms with E-state index in [2.05, 4.69) is 15.5 Å². The summed E-state index contributed by atoms with van der Waals surface area (Å²) in [5.74, 6) is -0.206. The van der Waals surface area contributed by atoms with E-state index in [1.54, 1.807) is 13.0 Å². The summed E-state index contributed by atoms with van der Waals surface area (Å²) in [5.41, 5.74) is 2.23. The molecule has 6 heteroatoms. The monoisotopic (exact) mass is 289 g/mol. The standard InChI is InChI=1S/C15H19N3O3/c1-8-7-10(13-9(2)18-21-15(13)16-8)14(20)17-11-5-3-4-6-12(11)19/h7,11-12,19H,3-6H2,1-2H3,(H,17,20). The number of aliphatic hydroxyl groups is 1. The lowest BCUT2D eigenvalue weighted by atomic mass is 9.92. The zero-order valence-corrected chi connectivity index (χ0v) is 12.2. The molecule has 2 atom stereocenters. The van der Waals surface area contributed by atoms with Crippen molar-refractivity contribution in [2.75, 3.05) is 0 Å². The van der Waals surface area contributed by atoms with Gasteiger partial charge in [-0.1, -0.05) is 18.0 Å². The highest BCUT2D eigenvalue weighted by atomic mass is 16.5. The summed E-state index contributed by atoms with van der Waals surface area (Å²) in [6.07, 6.45) is 3.12. The molecule has 1 fully saturated rings. The van der Waals surface area contributed by atoms with Crippen molar-refractivity contribution in [3.05, 3.63) is 23.0 Å². The Morgan fingerprint density at radius 3 is 2.90 bits per heavy atom. The summed E-state index contributed by atoms with van der Waals surface area (Å²) in [4.78, 5) is 16.8. The van der Waals surface area contributed by atoms with Gasteiger partial charge in [-0.2, -0.15) is 0 Å². The first-order valence-electron chi connectivity index (χ1n) is 7.29. The number of pyridine rings is 1. The largest absolute Gasteiger partial charge is 0.391 e. The minimum absolute atomic E-state index is 0.185. The maximum absolute atomic E-state index is 12.6. The fourth-order valence-electron chi connectivity index (χ4n) is 2.92. The van der Waals surface area contributed by atoms with Crippen LogP contribution in [0, 0.1) is 13.8 Å². The van der Waals surface area contributed by atoms with Gasteiger partial charge in [0.25, 0.3) is 11.6 Å². The zero-order valence-electron chi connectivity index (χ0n) is 12.2. The van der Waals surface area contributed by atoms with Crippen molar-refractivity contribution in [1.82, 2.24) is 15.5 Å². The van der Waals surface area contributed by atoms with Crippen LogP contribution in [0.4, 0.5) is 0 Å². The third-order valence-corrected chi connectivity index (χ3v) is 4.04. The summed E-state index contributed by atoms with van der Waals surface area (Å²) in [6, 6.07) is 1.55. The second-order valence-electron chi connectivity index (χ2n) is 5.69. The van der Waals surface area contributed by atoms with E-state index in [0.29, 0.717) is 28.1 Å². The number of aliphatic hydroxyl groups excluding tert-OH is 1. The van der Waals surface area contributed by atoms with Crippen LogP contribution in [-0.4, -0.2) is 33.3 Å². The van der Waals surface area contributed by atoms with E-state index in [1.807, 2.05) is 6.92 Å². The molecule has 6 nitrogen and oxygen atoms in total. The Bertz CT molecular complexity index is 680. The molecular formula is C15H19N3O3. The van der Waals surface area contributed by atoms with Crippen molar-refractivity contribution in [2.24, 2.45) is 0 Å². The Kier molecular flexibility index (Phi) is 3.63. The molecule has 0 aromatic carbocycles. The van der Waals surface area contributed by atoms with E-state index in [0.717, 1.165) is 25.7 Å². The molecule has 2 aromatic rings. The first-order chi connectivity index (χ1) is 10.1. The fourth-order valence-corrected chi connectivity index (χ4v) is 2.92. The quantitative estimate of drug-likeness (QED) is 0.881. The third-order valence-electron chi connectivity index (χ3n) is 4.04. The molecule has 112 valence electrons. The van der Waals surface area contributed by atoms with Crippen molar-refractivity contribution >= 4 is 17.0 Å². The Labute approximate surface area is 122 Å². The van der Waals surface area contributed by atoms with Crippen LogP contribution in [0.5, 0.6) is 0 Å². The number of aromatic nitrogens is 2. The van der Waals surface area contributed by atoms with Gasteiger partial charge < -0.3 is 14.9 Å². The van der Waals surface area contributed by atoms with Crippen molar-refractivity contribution in [1.29, 1.82) is 0 Å². The molecule has 1 aliphatic rings. The normalized spacial score (nSPS) is 22.4. The number of hydrogen-bond donors (Lipinski definition) is 2. The molecule has 0 spiro atoms. The third kappa shape index (κ3) is 2.63. The van der Waals surface area contributed by atoms with E-state index in [-0.39, 0.29) is 11.9 Å². The highest BCUT2D eigenvalue weighted by Gasteiger charge is 2.26. The summed E-state index contributed by atoms with van der Waals surface area (Å²) < 4.78 is 5.14. The van der Waals surface area contributed by atoms with Crippen LogP contribution >= 0.6 is 0 Å². The molecule has 0 radical (unpaired) electrons. The SMILES string of the molecule is Cc1cc(C(=O)NC2CCCCC2O)c2c(C)noc2n1. The number of rotatable bonds is 2. The molecule has 1 aliphatic carbocycles. The summed E-state index contributed by atoms with van der Waals surface area (Å²) in [6.45, 7) is 3.60. The molecule has 0 aliphatic heterocycles. The number of aryl methyl sites for hydroxylation is 2. The molecule has 2 aromatic heterocycles. The Morgan fingerprint density at radius 1 is 1.38 bits per heavy atom. The molecule has 0 saturated heterocycles. The summed E-state index contributed by atoms with van der Waals surface area (Å²) in [7, 11) is 0. The molecule has 1 saturated carbocycles. The van der Waals surface area contributed by atoms with Gasteiger partial charge in [-0.3, -0.25) is 4.79 Å². The van der Waals surface area contributed by atoms with Crippen molar-refractivity contribution in [3.8, 4) is 0 Å². The lowest BCUT2D eigenvalue weighted by Gasteiger charge is -2.28. The van der Waals surface area contributed by atoms with Gasteiger partial charge in [0.15, 0.2) is 0 Å². The highest BCUT2D eigenvalue weighted by Crippen LogP contribution is 2.23. The van der Waals surface area contributed by atoms with Crippen LogP contribution in [-0.2, 0) is 0 Å². The number of fused-ring (bicyclic) bond motifs is 1. The van der Waals surface area contributed by atoms with Gasteiger partial charge in [-0.05, 0) is 32.8 Å². The van der Waals surface area contributed by atoms with E-state index >= 15 is 0 Å². The average Bonchev–Trinajstić information content (AvgIpc) is 2.82. The number of hydrogen-bond acceptors (Lipinski definition) is 5. The van der Waals surface area contributed by atoms with Crippen LogP contribution in [0.25, 0.3) is 11.1 Å². The number of nitrogens with zero attached hydrogens (tertiary/aromatic N) is 2. The average molecular weight is 289 g/mol. The topological polar surface area (TPSA) is 88.2 Å². The van der Waals surface area contributed by atoms with Gasteiger partial charge in [0.05, 0.1) is 28.8 Å². The molecule has 3 rings (SSSR count). The van der Waals surface area contributed by atoms with E-state index in [1.165, 1.54) is 0 Å². The van der Waals surface area contributed by atoms with Gasteiger partial charge >= 0.3 is 0 Å². The van der Waals surface area contributed by atoms with Crippen LogP contribution in [0.15, 0.2) is 10.6 Å². The second-order valence-corrected chi connectivity index (χ2v) is 5.69. The Morgan fingerprint density at radius 2 is 2.14 bits per heavy atom. The van der Waals surface area contributed by atoms with Crippen LogP contribution in [0.2, 0.25) is 0 Å². The first-order valence-corrected chi connectivity index (χ1v) is 7.29. The number of amides is 1. The first kappa shape index (κ1) is 14.0. The van der Waals surface area contributed by atoms with Crippen molar-refractivity contribution in [2.45, 2.75) is 51.7 Å². The zero-order chi connectivity index (χ0) is 15.0. The molecule has 1 amide bonds. The summed E-state index contributed by atoms with van der Waals surface area (Å²) in [5, 5.41) is 17.4. The number of carbonyl (C=O) groups excluding carboxylic acids is 1. The maximum atomic E-state index is 12.6. The van der Waals surface area contributed by atoms with Gasteiger partial charge in [-0.15, -0.1) is 0 Å². The maximum Gasteiger partial charge on any atom is 0.258 e. The van der Waals surface area contributed by atoms with Crippen molar-refractivity contribution < 1.29 is 14.4 Å². The van der Waals surface area contributed by atoms with E-state index in [4.69, 9.17) is 4.52 Å². The van der Waals surface area contributed by atoms with Gasteiger partial charge in [0.2, 0.25) is 0 Å². The molecular weight excluding hydrogens is 270 g/mol. The van der Waals surface area contributed by atoms with Crippen LogP contribution in [0.1, 0.15) is 47.4 Å². The van der Waals surface area contributed by atoms with Gasteiger partial charge in [0.1, 0.15) is 0 Å². The number of nitrogens with one attached hydrogen (secondary N) is 1. The minimum atomic E-state index is -0.468. The smallest absolute Gasteiger partial charge is 0.258 e. The number of carbonyl (C=O) groups is 1. The Balaban J connectivity index is 1.92. The van der Waals surface area contributed by atoms with Gasteiger partial charge in [0, 0.05) is 5.69 Å².